The molecule has 2 rings (SSSR count). The summed E-state index contributed by atoms with van der Waals surface area (Å²) in [6.07, 6.45) is 2.70. The van der Waals surface area contributed by atoms with E-state index in [1.54, 1.807) is 6.07 Å². The molecule has 4 nitrogen and oxygen atoms in total. The summed E-state index contributed by atoms with van der Waals surface area (Å²) in [5, 5.41) is 9.78. The number of aromatic carboxylic acids is 1. The molecule has 0 fully saturated rings. The van der Waals surface area contributed by atoms with Crippen LogP contribution in [0.1, 0.15) is 36.1 Å². The molecule has 0 saturated heterocycles. The van der Waals surface area contributed by atoms with Crippen LogP contribution >= 0.6 is 15.9 Å². The number of carboxylic acids is 1. The first-order chi connectivity index (χ1) is 8.61. The van der Waals surface area contributed by atoms with Crippen LogP contribution in [-0.2, 0) is 6.42 Å². The third kappa shape index (κ3) is 2.67. The highest BCUT2D eigenvalue weighted by atomic mass is 79.9. The Labute approximate surface area is 113 Å². The third-order valence-corrected chi connectivity index (χ3v) is 3.15. The quantitative estimate of drug-likeness (QED) is 0.940. The van der Waals surface area contributed by atoms with Gasteiger partial charge in [-0.15, -0.1) is 0 Å². The summed E-state index contributed by atoms with van der Waals surface area (Å²) in [6.45, 7) is 2.08. The van der Waals surface area contributed by atoms with Gasteiger partial charge in [0.05, 0.1) is 5.52 Å². The van der Waals surface area contributed by atoms with E-state index < -0.39 is 5.97 Å². The zero-order chi connectivity index (χ0) is 13.1. The van der Waals surface area contributed by atoms with Gasteiger partial charge in [-0.1, -0.05) is 29.3 Å². The second-order valence-corrected chi connectivity index (χ2v) is 4.97. The van der Waals surface area contributed by atoms with E-state index in [-0.39, 0.29) is 5.69 Å². The Morgan fingerprint density at radius 2 is 2.17 bits per heavy atom. The van der Waals surface area contributed by atoms with Crippen molar-refractivity contribution >= 4 is 32.8 Å². The van der Waals surface area contributed by atoms with Crippen molar-refractivity contribution in [1.29, 1.82) is 0 Å². The van der Waals surface area contributed by atoms with Gasteiger partial charge in [-0.25, -0.2) is 14.8 Å². The Bertz CT molecular complexity index is 599. The van der Waals surface area contributed by atoms with Crippen LogP contribution in [0.5, 0.6) is 0 Å². The SMILES string of the molecule is CCCCc1nc(C(=O)O)c2cc(Br)ccc2n1. The predicted octanol–water partition coefficient (Wildman–Crippen LogP) is 3.43. The molecular formula is C13H13BrN2O2. The van der Waals surface area contributed by atoms with Crippen LogP contribution in [0.4, 0.5) is 0 Å². The van der Waals surface area contributed by atoms with Gasteiger partial charge in [0, 0.05) is 16.3 Å². The molecule has 1 aromatic heterocycles. The van der Waals surface area contributed by atoms with Crippen molar-refractivity contribution in [2.45, 2.75) is 26.2 Å². The average Bonchev–Trinajstić information content (AvgIpc) is 2.35. The number of nitrogens with zero attached hydrogens (tertiary/aromatic N) is 2. The van der Waals surface area contributed by atoms with Crippen molar-refractivity contribution in [2.24, 2.45) is 0 Å². The third-order valence-electron chi connectivity index (χ3n) is 2.66. The van der Waals surface area contributed by atoms with Crippen molar-refractivity contribution in [2.75, 3.05) is 0 Å². The number of hydrogen-bond donors (Lipinski definition) is 1. The molecule has 0 atom stereocenters. The molecule has 2 aromatic rings. The minimum Gasteiger partial charge on any atom is -0.476 e. The van der Waals surface area contributed by atoms with Gasteiger partial charge in [0.2, 0.25) is 0 Å². The molecular weight excluding hydrogens is 296 g/mol. The van der Waals surface area contributed by atoms with E-state index in [9.17, 15) is 9.90 Å². The molecule has 0 bridgehead atoms. The molecule has 1 N–H and O–H groups in total. The standard InChI is InChI=1S/C13H13BrN2O2/c1-2-3-4-11-15-10-6-5-8(14)7-9(10)12(16-11)13(17)18/h5-7H,2-4H2,1H3,(H,17,18). The fourth-order valence-electron chi connectivity index (χ4n) is 1.76. The van der Waals surface area contributed by atoms with Gasteiger partial charge in [-0.2, -0.15) is 0 Å². The van der Waals surface area contributed by atoms with Gasteiger partial charge >= 0.3 is 5.97 Å². The lowest BCUT2D eigenvalue weighted by Gasteiger charge is -2.05. The maximum atomic E-state index is 11.2. The molecule has 94 valence electrons. The lowest BCUT2D eigenvalue weighted by molar-refractivity contribution is 0.0692. The molecule has 1 aromatic carbocycles. The van der Waals surface area contributed by atoms with Crippen LogP contribution in [0.15, 0.2) is 22.7 Å². The second kappa shape index (κ2) is 5.44. The normalized spacial score (nSPS) is 10.8. The molecule has 0 aliphatic rings. The fraction of sp³-hybridized carbons (Fsp3) is 0.308. The van der Waals surface area contributed by atoms with E-state index in [4.69, 9.17) is 0 Å². The number of rotatable bonds is 4. The van der Waals surface area contributed by atoms with Gasteiger partial charge in [0.15, 0.2) is 5.69 Å². The van der Waals surface area contributed by atoms with Gasteiger partial charge < -0.3 is 5.11 Å². The van der Waals surface area contributed by atoms with Crippen LogP contribution in [-0.4, -0.2) is 21.0 Å². The smallest absolute Gasteiger partial charge is 0.355 e. The lowest BCUT2D eigenvalue weighted by atomic mass is 10.1. The Morgan fingerprint density at radius 3 is 2.83 bits per heavy atom. The first kappa shape index (κ1) is 13.0. The zero-order valence-electron chi connectivity index (χ0n) is 9.98. The minimum absolute atomic E-state index is 0.0763. The average molecular weight is 309 g/mol. The molecule has 0 radical (unpaired) electrons. The number of carboxylic acid groups (broad SMARTS) is 1. The molecule has 0 aliphatic carbocycles. The zero-order valence-corrected chi connectivity index (χ0v) is 11.6. The van der Waals surface area contributed by atoms with E-state index in [0.29, 0.717) is 23.1 Å². The number of unbranched alkanes of at least 4 members (excludes halogenated alkanes) is 1. The number of benzene rings is 1. The monoisotopic (exact) mass is 308 g/mol. The van der Waals surface area contributed by atoms with E-state index in [1.165, 1.54) is 0 Å². The number of aromatic nitrogens is 2. The van der Waals surface area contributed by atoms with Crippen molar-refractivity contribution in [1.82, 2.24) is 9.97 Å². The molecule has 0 spiro atoms. The second-order valence-electron chi connectivity index (χ2n) is 4.06. The van der Waals surface area contributed by atoms with Gasteiger partial charge in [0.25, 0.3) is 0 Å². The molecule has 18 heavy (non-hydrogen) atoms. The summed E-state index contributed by atoms with van der Waals surface area (Å²) >= 11 is 3.33. The maximum absolute atomic E-state index is 11.2. The molecule has 0 amide bonds. The number of halogens is 1. The topological polar surface area (TPSA) is 63.1 Å². The van der Waals surface area contributed by atoms with Crippen LogP contribution in [0.25, 0.3) is 10.9 Å². The van der Waals surface area contributed by atoms with Crippen LogP contribution < -0.4 is 0 Å². The number of carbonyl (C=O) groups is 1. The minimum atomic E-state index is -1.02. The van der Waals surface area contributed by atoms with Gasteiger partial charge in [0.1, 0.15) is 5.82 Å². The van der Waals surface area contributed by atoms with Crippen LogP contribution in [0, 0.1) is 0 Å². The Morgan fingerprint density at radius 1 is 1.39 bits per heavy atom. The van der Waals surface area contributed by atoms with Crippen molar-refractivity contribution in [3.63, 3.8) is 0 Å². The van der Waals surface area contributed by atoms with Crippen molar-refractivity contribution in [3.05, 3.63) is 34.2 Å². The first-order valence-electron chi connectivity index (χ1n) is 5.81. The summed E-state index contributed by atoms with van der Waals surface area (Å²) in [5.41, 5.74) is 0.754. The number of fused-ring (bicyclic) bond motifs is 1. The molecule has 0 aliphatic heterocycles. The summed E-state index contributed by atoms with van der Waals surface area (Å²) in [6, 6.07) is 5.40. The van der Waals surface area contributed by atoms with E-state index in [1.807, 2.05) is 12.1 Å². The molecule has 1 heterocycles. The Kier molecular flexibility index (Phi) is 3.91. The fourth-order valence-corrected chi connectivity index (χ4v) is 2.12. The summed E-state index contributed by atoms with van der Waals surface area (Å²) < 4.78 is 0.822. The summed E-state index contributed by atoms with van der Waals surface area (Å²) in [7, 11) is 0. The lowest BCUT2D eigenvalue weighted by Crippen LogP contribution is -2.07. The largest absolute Gasteiger partial charge is 0.476 e. The summed E-state index contributed by atoms with van der Waals surface area (Å²) in [5.74, 6) is -0.415. The van der Waals surface area contributed by atoms with Gasteiger partial charge in [-0.05, 0) is 24.6 Å². The molecule has 0 unspecified atom stereocenters. The number of hydrogen-bond acceptors (Lipinski definition) is 3. The Hall–Kier alpha value is -1.49. The molecule has 5 heteroatoms. The van der Waals surface area contributed by atoms with Crippen LogP contribution in [0.3, 0.4) is 0 Å². The van der Waals surface area contributed by atoms with E-state index in [0.717, 1.165) is 17.3 Å². The van der Waals surface area contributed by atoms with E-state index in [2.05, 4.69) is 32.8 Å². The maximum Gasteiger partial charge on any atom is 0.355 e. The van der Waals surface area contributed by atoms with Crippen molar-refractivity contribution < 1.29 is 9.90 Å². The highest BCUT2D eigenvalue weighted by molar-refractivity contribution is 9.10. The highest BCUT2D eigenvalue weighted by Crippen LogP contribution is 2.21. The molecule has 0 saturated carbocycles. The summed E-state index contributed by atoms with van der Waals surface area (Å²) in [4.78, 5) is 19.8. The number of aryl methyl sites for hydroxylation is 1. The highest BCUT2D eigenvalue weighted by Gasteiger charge is 2.13. The van der Waals surface area contributed by atoms with Crippen molar-refractivity contribution in [3.8, 4) is 0 Å². The van der Waals surface area contributed by atoms with Gasteiger partial charge in [-0.3, -0.25) is 0 Å². The Balaban J connectivity index is 2.59. The van der Waals surface area contributed by atoms with Crippen LogP contribution in [0.2, 0.25) is 0 Å². The first-order valence-corrected chi connectivity index (χ1v) is 6.60. The van der Waals surface area contributed by atoms with E-state index >= 15 is 0 Å². The predicted molar refractivity (Wildman–Crippen MR) is 72.8 cm³/mol.